The third-order valence-electron chi connectivity index (χ3n) is 3.14. The minimum Gasteiger partial charge on any atom is -0.387 e. The predicted octanol–water partition coefficient (Wildman–Crippen LogP) is 4.16. The molecule has 0 fully saturated rings. The van der Waals surface area contributed by atoms with Gasteiger partial charge in [-0.15, -0.1) is 11.6 Å². The molecule has 0 aromatic rings. The highest BCUT2D eigenvalue weighted by Gasteiger charge is 2.19. The summed E-state index contributed by atoms with van der Waals surface area (Å²) >= 11 is 6.12. The van der Waals surface area contributed by atoms with Crippen molar-refractivity contribution in [1.82, 2.24) is 0 Å². The Morgan fingerprint density at radius 1 is 1.38 bits per heavy atom. The molecule has 1 nitrogen and oxygen atoms in total. The van der Waals surface area contributed by atoms with E-state index in [1.807, 2.05) is 13.8 Å². The zero-order valence-electron chi connectivity index (χ0n) is 10.9. The second kappa shape index (κ2) is 7.92. The Kier molecular flexibility index (Phi) is 7.78. The Hall–Kier alpha value is -0.270. The molecule has 0 heterocycles. The normalized spacial score (nSPS) is 19.4. The highest BCUT2D eigenvalue weighted by molar-refractivity contribution is 6.21. The molecule has 16 heavy (non-hydrogen) atoms. The van der Waals surface area contributed by atoms with Crippen molar-refractivity contribution in [3.8, 4) is 0 Å². The van der Waals surface area contributed by atoms with E-state index in [4.69, 9.17) is 11.6 Å². The maximum atomic E-state index is 9.70. The van der Waals surface area contributed by atoms with Crippen molar-refractivity contribution in [2.45, 2.75) is 52.0 Å². The first-order chi connectivity index (χ1) is 7.40. The Morgan fingerprint density at radius 3 is 2.38 bits per heavy atom. The topological polar surface area (TPSA) is 20.2 Å². The van der Waals surface area contributed by atoms with Crippen molar-refractivity contribution in [2.75, 3.05) is 0 Å². The van der Waals surface area contributed by atoms with Crippen LogP contribution >= 0.6 is 11.6 Å². The van der Waals surface area contributed by atoms with Crippen LogP contribution in [0, 0.1) is 11.8 Å². The molecule has 2 heteroatoms. The highest BCUT2D eigenvalue weighted by atomic mass is 35.5. The van der Waals surface area contributed by atoms with E-state index in [2.05, 4.69) is 32.6 Å². The van der Waals surface area contributed by atoms with Crippen LogP contribution in [0.25, 0.3) is 0 Å². The summed E-state index contributed by atoms with van der Waals surface area (Å²) in [6, 6.07) is 0. The third-order valence-corrected chi connectivity index (χ3v) is 3.60. The Balaban J connectivity index is 4.00. The smallest absolute Gasteiger partial charge is 0.0908 e. The SMILES string of the molecule is C=C(C)C(O)C(Cl)CCC(C)C(C)C=CC. The molecular formula is C14H25ClO. The van der Waals surface area contributed by atoms with Crippen molar-refractivity contribution < 1.29 is 5.11 Å². The summed E-state index contributed by atoms with van der Waals surface area (Å²) in [5.41, 5.74) is 0.745. The summed E-state index contributed by atoms with van der Waals surface area (Å²) in [6.07, 6.45) is 5.58. The van der Waals surface area contributed by atoms with E-state index < -0.39 is 6.10 Å². The van der Waals surface area contributed by atoms with Crippen molar-refractivity contribution in [3.05, 3.63) is 24.3 Å². The van der Waals surface area contributed by atoms with Gasteiger partial charge in [0.05, 0.1) is 11.5 Å². The Bertz CT molecular complexity index is 235. The van der Waals surface area contributed by atoms with Crippen LogP contribution in [-0.4, -0.2) is 16.6 Å². The summed E-state index contributed by atoms with van der Waals surface area (Å²) in [4.78, 5) is 0. The molecule has 0 aromatic heterocycles. The molecule has 0 amide bonds. The van der Waals surface area contributed by atoms with Gasteiger partial charge in [0.25, 0.3) is 0 Å². The molecule has 0 saturated carbocycles. The van der Waals surface area contributed by atoms with Gasteiger partial charge in [0, 0.05) is 0 Å². The van der Waals surface area contributed by atoms with Gasteiger partial charge in [0.15, 0.2) is 0 Å². The molecule has 0 saturated heterocycles. The first-order valence-electron chi connectivity index (χ1n) is 6.00. The zero-order valence-corrected chi connectivity index (χ0v) is 11.7. The molecule has 4 atom stereocenters. The lowest BCUT2D eigenvalue weighted by atomic mass is 9.89. The molecule has 0 aliphatic carbocycles. The van der Waals surface area contributed by atoms with Crippen molar-refractivity contribution in [1.29, 1.82) is 0 Å². The largest absolute Gasteiger partial charge is 0.387 e. The highest BCUT2D eigenvalue weighted by Crippen LogP contribution is 2.23. The van der Waals surface area contributed by atoms with Gasteiger partial charge in [0.2, 0.25) is 0 Å². The van der Waals surface area contributed by atoms with Crippen LogP contribution < -0.4 is 0 Å². The van der Waals surface area contributed by atoms with Gasteiger partial charge in [-0.05, 0) is 38.5 Å². The lowest BCUT2D eigenvalue weighted by molar-refractivity contribution is 0.197. The van der Waals surface area contributed by atoms with Crippen LogP contribution in [0.1, 0.15) is 40.5 Å². The second-order valence-corrected chi connectivity index (χ2v) is 5.31. The van der Waals surface area contributed by atoms with E-state index in [-0.39, 0.29) is 5.38 Å². The fourth-order valence-electron chi connectivity index (χ4n) is 1.64. The summed E-state index contributed by atoms with van der Waals surface area (Å²) in [6.45, 7) is 12.0. The second-order valence-electron chi connectivity index (χ2n) is 4.75. The van der Waals surface area contributed by atoms with E-state index in [0.717, 1.165) is 18.4 Å². The number of aliphatic hydroxyl groups is 1. The number of hydrogen-bond donors (Lipinski definition) is 1. The summed E-state index contributed by atoms with van der Waals surface area (Å²) in [5.74, 6) is 1.16. The number of hydrogen-bond acceptors (Lipinski definition) is 1. The van der Waals surface area contributed by atoms with Crippen LogP contribution in [0.5, 0.6) is 0 Å². The van der Waals surface area contributed by atoms with Crippen LogP contribution in [0.15, 0.2) is 24.3 Å². The van der Waals surface area contributed by atoms with E-state index >= 15 is 0 Å². The molecular weight excluding hydrogens is 220 g/mol. The van der Waals surface area contributed by atoms with Gasteiger partial charge in [-0.1, -0.05) is 38.2 Å². The molecule has 0 aliphatic heterocycles. The van der Waals surface area contributed by atoms with Crippen LogP contribution in [0.2, 0.25) is 0 Å². The number of aliphatic hydroxyl groups excluding tert-OH is 1. The molecule has 0 radical (unpaired) electrons. The minimum atomic E-state index is -0.578. The molecule has 1 N–H and O–H groups in total. The van der Waals surface area contributed by atoms with Crippen molar-refractivity contribution >= 4 is 11.6 Å². The maximum Gasteiger partial charge on any atom is 0.0908 e. The fourth-order valence-corrected chi connectivity index (χ4v) is 1.99. The predicted molar refractivity (Wildman–Crippen MR) is 72.8 cm³/mol. The quantitative estimate of drug-likeness (QED) is 0.527. The van der Waals surface area contributed by atoms with Gasteiger partial charge in [-0.25, -0.2) is 0 Å². The van der Waals surface area contributed by atoms with Crippen molar-refractivity contribution in [3.63, 3.8) is 0 Å². The van der Waals surface area contributed by atoms with Crippen LogP contribution in [0.3, 0.4) is 0 Å². The molecule has 4 unspecified atom stereocenters. The number of allylic oxidation sites excluding steroid dienone is 2. The van der Waals surface area contributed by atoms with Gasteiger partial charge in [-0.3, -0.25) is 0 Å². The summed E-state index contributed by atoms with van der Waals surface area (Å²) < 4.78 is 0. The maximum absolute atomic E-state index is 9.70. The standard InChI is InChI=1S/C14H25ClO/c1-6-7-11(4)12(5)8-9-13(15)14(16)10(2)3/h6-7,11-14,16H,2,8-9H2,1,3-5H3. The van der Waals surface area contributed by atoms with Gasteiger partial charge >= 0.3 is 0 Å². The van der Waals surface area contributed by atoms with E-state index in [0.29, 0.717) is 11.8 Å². The van der Waals surface area contributed by atoms with E-state index in [9.17, 15) is 5.11 Å². The van der Waals surface area contributed by atoms with Gasteiger partial charge in [0.1, 0.15) is 0 Å². The first-order valence-corrected chi connectivity index (χ1v) is 6.44. The van der Waals surface area contributed by atoms with Crippen LogP contribution in [-0.2, 0) is 0 Å². The average molecular weight is 245 g/mol. The number of rotatable bonds is 7. The Morgan fingerprint density at radius 2 is 1.94 bits per heavy atom. The number of halogens is 1. The minimum absolute atomic E-state index is 0.210. The molecule has 0 rings (SSSR count). The monoisotopic (exact) mass is 244 g/mol. The lowest BCUT2D eigenvalue weighted by Crippen LogP contribution is -2.22. The molecule has 0 bridgehead atoms. The Labute approximate surface area is 105 Å². The zero-order chi connectivity index (χ0) is 12.7. The average Bonchev–Trinajstić information content (AvgIpc) is 2.24. The first kappa shape index (κ1) is 15.7. The fraction of sp³-hybridized carbons (Fsp3) is 0.714. The van der Waals surface area contributed by atoms with E-state index in [1.165, 1.54) is 0 Å². The van der Waals surface area contributed by atoms with Gasteiger partial charge < -0.3 is 5.11 Å². The van der Waals surface area contributed by atoms with Gasteiger partial charge in [-0.2, -0.15) is 0 Å². The summed E-state index contributed by atoms with van der Waals surface area (Å²) in [7, 11) is 0. The van der Waals surface area contributed by atoms with Crippen LogP contribution in [0.4, 0.5) is 0 Å². The number of alkyl halides is 1. The molecule has 94 valence electrons. The lowest BCUT2D eigenvalue weighted by Gasteiger charge is -2.21. The summed E-state index contributed by atoms with van der Waals surface area (Å²) in [5, 5.41) is 9.49. The molecule has 0 aliphatic rings. The van der Waals surface area contributed by atoms with Crippen molar-refractivity contribution in [2.24, 2.45) is 11.8 Å². The van der Waals surface area contributed by atoms with E-state index in [1.54, 1.807) is 0 Å². The molecule has 0 aromatic carbocycles. The third kappa shape index (κ3) is 5.72. The molecule has 0 spiro atoms.